The first-order chi connectivity index (χ1) is 8.02. The predicted octanol–water partition coefficient (Wildman–Crippen LogP) is 2.82. The Morgan fingerprint density at radius 2 is 2.00 bits per heavy atom. The van der Waals surface area contributed by atoms with E-state index in [9.17, 15) is 0 Å². The summed E-state index contributed by atoms with van der Waals surface area (Å²) in [5, 5.41) is 0. The van der Waals surface area contributed by atoms with Crippen molar-refractivity contribution in [1.82, 2.24) is 0 Å². The minimum absolute atomic E-state index is 0.326. The number of benzene rings is 1. The third-order valence-electron chi connectivity index (χ3n) is 3.23. The summed E-state index contributed by atoms with van der Waals surface area (Å²) in [4.78, 5) is 0. The molecule has 0 atom stereocenters. The molecular weight excluding hydrogens is 214 g/mol. The van der Waals surface area contributed by atoms with Gasteiger partial charge in [-0.1, -0.05) is 12.1 Å². The molecule has 0 aromatic heterocycles. The second-order valence-electron chi connectivity index (χ2n) is 5.23. The molecule has 17 heavy (non-hydrogen) atoms. The Hall–Kier alpha value is -1.22. The van der Waals surface area contributed by atoms with Crippen molar-refractivity contribution in [3.8, 4) is 11.5 Å². The second-order valence-corrected chi connectivity index (χ2v) is 5.23. The molecule has 94 valence electrons. The van der Waals surface area contributed by atoms with Gasteiger partial charge in [0.1, 0.15) is 0 Å². The molecule has 0 heterocycles. The molecule has 0 aliphatic heterocycles. The van der Waals surface area contributed by atoms with Crippen LogP contribution in [-0.4, -0.2) is 13.2 Å². The molecule has 0 saturated heterocycles. The number of nitrogens with two attached hydrogens (primary N) is 1. The van der Waals surface area contributed by atoms with E-state index in [4.69, 9.17) is 15.2 Å². The first-order valence-electron chi connectivity index (χ1n) is 6.15. The monoisotopic (exact) mass is 235 g/mol. The van der Waals surface area contributed by atoms with Crippen LogP contribution in [0.25, 0.3) is 0 Å². The van der Waals surface area contributed by atoms with Gasteiger partial charge in [-0.25, -0.2) is 0 Å². The van der Waals surface area contributed by atoms with Gasteiger partial charge in [0, 0.05) is 11.1 Å². The zero-order valence-electron chi connectivity index (χ0n) is 10.8. The van der Waals surface area contributed by atoms with E-state index >= 15 is 0 Å². The van der Waals surface area contributed by atoms with Crippen LogP contribution in [0, 0.1) is 0 Å². The Kier molecular flexibility index (Phi) is 3.29. The third kappa shape index (κ3) is 2.55. The van der Waals surface area contributed by atoms with Crippen molar-refractivity contribution in [1.29, 1.82) is 0 Å². The number of ether oxygens (including phenoxy) is 2. The Morgan fingerprint density at radius 3 is 2.47 bits per heavy atom. The lowest BCUT2D eigenvalue weighted by molar-refractivity contribution is 0.113. The second kappa shape index (κ2) is 4.57. The van der Waals surface area contributed by atoms with Gasteiger partial charge in [0.2, 0.25) is 0 Å². The molecule has 0 radical (unpaired) electrons. The molecule has 0 bridgehead atoms. The first kappa shape index (κ1) is 12.2. The van der Waals surface area contributed by atoms with Crippen LogP contribution in [0.4, 0.5) is 0 Å². The molecular formula is C14H21NO2. The first-order valence-corrected chi connectivity index (χ1v) is 6.15. The van der Waals surface area contributed by atoms with Crippen LogP contribution in [0.5, 0.6) is 11.5 Å². The largest absolute Gasteiger partial charge is 0.493 e. The zero-order chi connectivity index (χ0) is 12.5. The summed E-state index contributed by atoms with van der Waals surface area (Å²) in [6.45, 7) is 3.96. The maximum atomic E-state index is 6.18. The van der Waals surface area contributed by atoms with Crippen molar-refractivity contribution >= 4 is 0 Å². The molecule has 1 saturated carbocycles. The summed E-state index contributed by atoms with van der Waals surface area (Å²) in [5.74, 6) is 1.58. The van der Waals surface area contributed by atoms with Crippen LogP contribution >= 0.6 is 0 Å². The number of rotatable bonds is 4. The molecule has 0 amide bonds. The van der Waals surface area contributed by atoms with Crippen LogP contribution in [0.15, 0.2) is 18.2 Å². The van der Waals surface area contributed by atoms with E-state index in [-0.39, 0.29) is 0 Å². The average molecular weight is 235 g/mol. The minimum Gasteiger partial charge on any atom is -0.493 e. The van der Waals surface area contributed by atoms with Gasteiger partial charge in [0.25, 0.3) is 0 Å². The van der Waals surface area contributed by atoms with E-state index in [1.807, 2.05) is 32.0 Å². The molecule has 2 N–H and O–H groups in total. The molecule has 1 aliphatic carbocycles. The van der Waals surface area contributed by atoms with Crippen molar-refractivity contribution in [3.05, 3.63) is 23.8 Å². The Bertz CT molecular complexity index is 392. The quantitative estimate of drug-likeness (QED) is 0.872. The normalized spacial score (nSPS) is 16.5. The number of methoxy groups -OCH3 is 1. The van der Waals surface area contributed by atoms with E-state index in [2.05, 4.69) is 0 Å². The molecule has 1 fully saturated rings. The van der Waals surface area contributed by atoms with Gasteiger partial charge in [-0.05, 0) is 39.2 Å². The van der Waals surface area contributed by atoms with Crippen molar-refractivity contribution in [2.75, 3.05) is 7.11 Å². The van der Waals surface area contributed by atoms with Gasteiger partial charge in [0.15, 0.2) is 11.5 Å². The van der Waals surface area contributed by atoms with E-state index < -0.39 is 5.54 Å². The highest BCUT2D eigenvalue weighted by molar-refractivity contribution is 5.49. The van der Waals surface area contributed by atoms with Gasteiger partial charge in [-0.3, -0.25) is 0 Å². The number of hydrogen-bond acceptors (Lipinski definition) is 3. The number of para-hydroxylation sites is 1. The van der Waals surface area contributed by atoms with Crippen molar-refractivity contribution in [2.24, 2.45) is 5.73 Å². The fourth-order valence-electron chi connectivity index (χ4n) is 1.96. The average Bonchev–Trinajstić information content (AvgIpc) is 2.21. The summed E-state index contributed by atoms with van der Waals surface area (Å²) < 4.78 is 11.4. The highest BCUT2D eigenvalue weighted by Gasteiger charge is 2.26. The lowest BCUT2D eigenvalue weighted by atomic mass is 9.93. The van der Waals surface area contributed by atoms with Crippen LogP contribution in [0.1, 0.15) is 38.7 Å². The van der Waals surface area contributed by atoms with Gasteiger partial charge >= 0.3 is 0 Å². The molecule has 2 rings (SSSR count). The molecule has 3 heteroatoms. The maximum absolute atomic E-state index is 6.18. The maximum Gasteiger partial charge on any atom is 0.166 e. The van der Waals surface area contributed by atoms with Gasteiger partial charge in [-0.15, -0.1) is 0 Å². The lowest BCUT2D eigenvalue weighted by Crippen LogP contribution is -2.31. The summed E-state index contributed by atoms with van der Waals surface area (Å²) in [7, 11) is 1.66. The minimum atomic E-state index is -0.423. The molecule has 3 nitrogen and oxygen atoms in total. The number of hydrogen-bond donors (Lipinski definition) is 1. The van der Waals surface area contributed by atoms with Crippen LogP contribution in [-0.2, 0) is 5.54 Å². The zero-order valence-corrected chi connectivity index (χ0v) is 10.8. The lowest BCUT2D eigenvalue weighted by Gasteiger charge is -2.31. The molecule has 1 aromatic carbocycles. The molecule has 1 aliphatic rings. The predicted molar refractivity (Wildman–Crippen MR) is 68.5 cm³/mol. The molecule has 0 unspecified atom stereocenters. The topological polar surface area (TPSA) is 44.5 Å². The van der Waals surface area contributed by atoms with Crippen molar-refractivity contribution < 1.29 is 9.47 Å². The van der Waals surface area contributed by atoms with E-state index in [0.29, 0.717) is 6.10 Å². The van der Waals surface area contributed by atoms with Crippen LogP contribution in [0.3, 0.4) is 0 Å². The standard InChI is InChI=1S/C14H21NO2/c1-14(2,15)11-8-5-9-12(16-3)13(11)17-10-6-4-7-10/h5,8-10H,4,6-7,15H2,1-3H3. The van der Waals surface area contributed by atoms with Gasteiger partial charge < -0.3 is 15.2 Å². The van der Waals surface area contributed by atoms with Crippen molar-refractivity contribution in [2.45, 2.75) is 44.8 Å². The Balaban J connectivity index is 2.36. The Labute approximate surface area is 103 Å². The molecule has 1 aromatic rings. The van der Waals surface area contributed by atoms with E-state index in [0.717, 1.165) is 29.9 Å². The Morgan fingerprint density at radius 1 is 1.29 bits per heavy atom. The summed E-state index contributed by atoms with van der Waals surface area (Å²) >= 11 is 0. The van der Waals surface area contributed by atoms with Gasteiger partial charge in [-0.2, -0.15) is 0 Å². The molecule has 0 spiro atoms. The van der Waals surface area contributed by atoms with Crippen molar-refractivity contribution in [3.63, 3.8) is 0 Å². The van der Waals surface area contributed by atoms with E-state index in [1.165, 1.54) is 6.42 Å². The summed E-state index contributed by atoms with van der Waals surface area (Å²) in [6, 6.07) is 5.89. The highest BCUT2D eigenvalue weighted by atomic mass is 16.5. The summed E-state index contributed by atoms with van der Waals surface area (Å²) in [5.41, 5.74) is 6.76. The smallest absolute Gasteiger partial charge is 0.166 e. The fourth-order valence-corrected chi connectivity index (χ4v) is 1.96. The van der Waals surface area contributed by atoms with E-state index in [1.54, 1.807) is 7.11 Å². The van der Waals surface area contributed by atoms with Crippen LogP contribution < -0.4 is 15.2 Å². The fraction of sp³-hybridized carbons (Fsp3) is 0.571. The van der Waals surface area contributed by atoms with Gasteiger partial charge in [0.05, 0.1) is 13.2 Å². The SMILES string of the molecule is COc1cccc(C(C)(C)N)c1OC1CCC1. The summed E-state index contributed by atoms with van der Waals surface area (Å²) in [6.07, 6.45) is 3.83. The van der Waals surface area contributed by atoms with Crippen LogP contribution in [0.2, 0.25) is 0 Å². The highest BCUT2D eigenvalue weighted by Crippen LogP contribution is 2.39. The third-order valence-corrected chi connectivity index (χ3v) is 3.23.